The maximum Gasteiger partial charge on any atom is 0.321 e. The molecule has 0 aromatic rings. The van der Waals surface area contributed by atoms with Gasteiger partial charge in [-0.1, -0.05) is 12.8 Å². The molecular formula is C9H13NO4. The van der Waals surface area contributed by atoms with E-state index in [0.29, 0.717) is 12.8 Å². The number of hydrogen-bond donors (Lipinski definition) is 1. The van der Waals surface area contributed by atoms with E-state index in [-0.39, 0.29) is 12.8 Å². The number of unbranched alkanes of at least 4 members (excludes halogenated alkanes) is 3. The zero-order valence-electron chi connectivity index (χ0n) is 7.86. The molecule has 78 valence electrons. The molecule has 0 saturated carbocycles. The number of carbonyl (C=O) groups excluding carboxylic acids is 1. The van der Waals surface area contributed by atoms with E-state index in [1.807, 2.05) is 0 Å². The summed E-state index contributed by atoms with van der Waals surface area (Å²) in [6, 6.07) is 0. The van der Waals surface area contributed by atoms with Crippen LogP contribution in [0.2, 0.25) is 0 Å². The molecule has 5 nitrogen and oxygen atoms in total. The predicted molar refractivity (Wildman–Crippen MR) is 47.0 cm³/mol. The van der Waals surface area contributed by atoms with E-state index in [0.717, 1.165) is 12.8 Å². The summed E-state index contributed by atoms with van der Waals surface area (Å²) in [6.07, 6.45) is 4.54. The normalized spacial score (nSPS) is 9.07. The number of nitrogens with zero attached hydrogens (tertiary/aromatic N) is 1. The number of rotatable bonds is 7. The fourth-order valence-electron chi connectivity index (χ4n) is 1.00. The van der Waals surface area contributed by atoms with Gasteiger partial charge in [-0.05, 0) is 12.8 Å². The Hall–Kier alpha value is -1.57. The topological polar surface area (TPSA) is 87.4 Å². The lowest BCUT2D eigenvalue weighted by Gasteiger charge is -1.97. The minimum absolute atomic E-state index is 0.169. The largest absolute Gasteiger partial charge is 0.481 e. The van der Waals surface area contributed by atoms with Gasteiger partial charge in [0.1, 0.15) is 0 Å². The van der Waals surface area contributed by atoms with Crippen molar-refractivity contribution < 1.29 is 19.4 Å². The molecule has 0 aliphatic rings. The Kier molecular flexibility index (Phi) is 7.15. The summed E-state index contributed by atoms with van der Waals surface area (Å²) in [4.78, 5) is 20.8. The third-order valence-corrected chi connectivity index (χ3v) is 1.68. The first-order chi connectivity index (χ1) is 6.66. The van der Waals surface area contributed by atoms with Gasteiger partial charge in [0.2, 0.25) is 0 Å². The first-order valence-electron chi connectivity index (χ1n) is 4.47. The predicted octanol–water partition coefficient (Wildman–Crippen LogP) is 1.44. The van der Waals surface area contributed by atoms with Gasteiger partial charge in [-0.15, -0.1) is 5.26 Å². The number of aliphatic carboxylic acids is 1. The van der Waals surface area contributed by atoms with Gasteiger partial charge in [0, 0.05) is 12.8 Å². The number of carboxylic acids is 1. The molecule has 14 heavy (non-hydrogen) atoms. The number of hydrogen-bond acceptors (Lipinski definition) is 4. The van der Waals surface area contributed by atoms with Crippen LogP contribution >= 0.6 is 0 Å². The van der Waals surface area contributed by atoms with Crippen LogP contribution in [-0.4, -0.2) is 17.0 Å². The molecule has 5 heteroatoms. The summed E-state index contributed by atoms with van der Waals surface area (Å²) in [6.45, 7) is 0. The van der Waals surface area contributed by atoms with Gasteiger partial charge in [0.15, 0.2) is 0 Å². The molecule has 0 aliphatic heterocycles. The molecule has 0 aliphatic carbocycles. The summed E-state index contributed by atoms with van der Waals surface area (Å²) >= 11 is 0. The molecule has 0 bridgehead atoms. The Labute approximate surface area is 82.3 Å². The maximum absolute atomic E-state index is 10.6. The Morgan fingerprint density at radius 1 is 1.14 bits per heavy atom. The van der Waals surface area contributed by atoms with E-state index in [9.17, 15) is 9.59 Å². The van der Waals surface area contributed by atoms with E-state index in [1.54, 1.807) is 0 Å². The van der Waals surface area contributed by atoms with Crippen LogP contribution in [0.25, 0.3) is 0 Å². The van der Waals surface area contributed by atoms with Crippen molar-refractivity contribution in [2.75, 3.05) is 0 Å². The Balaban J connectivity index is 3.18. The quantitative estimate of drug-likeness (QED) is 0.380. The zero-order chi connectivity index (χ0) is 10.8. The Morgan fingerprint density at radius 3 is 2.21 bits per heavy atom. The summed E-state index contributed by atoms with van der Waals surface area (Å²) in [5.74, 6) is -1.32. The van der Waals surface area contributed by atoms with E-state index in [2.05, 4.69) is 4.74 Å². The van der Waals surface area contributed by atoms with Gasteiger partial charge < -0.3 is 9.84 Å². The number of esters is 1. The SMILES string of the molecule is N#COC(=O)CCCCCCC(=O)O. The van der Waals surface area contributed by atoms with Gasteiger partial charge in [-0.2, -0.15) is 0 Å². The average Bonchev–Trinajstić information content (AvgIpc) is 2.11. The number of carboxylic acid groups (broad SMARTS) is 1. The highest BCUT2D eigenvalue weighted by Crippen LogP contribution is 2.05. The lowest BCUT2D eigenvalue weighted by atomic mass is 10.1. The molecule has 0 fully saturated rings. The van der Waals surface area contributed by atoms with E-state index in [1.165, 1.54) is 6.26 Å². The van der Waals surface area contributed by atoms with Crippen LogP contribution in [0.4, 0.5) is 0 Å². The number of nitriles is 1. The molecule has 0 heterocycles. The molecule has 0 aromatic heterocycles. The number of ether oxygens (including phenoxy) is 1. The molecule has 1 N–H and O–H groups in total. The molecule has 0 spiro atoms. The fraction of sp³-hybridized carbons (Fsp3) is 0.667. The van der Waals surface area contributed by atoms with E-state index >= 15 is 0 Å². The van der Waals surface area contributed by atoms with Crippen molar-refractivity contribution in [1.82, 2.24) is 0 Å². The van der Waals surface area contributed by atoms with Crippen LogP contribution in [-0.2, 0) is 14.3 Å². The minimum atomic E-state index is -0.797. The molecular weight excluding hydrogens is 186 g/mol. The highest BCUT2D eigenvalue weighted by molar-refractivity contribution is 5.70. The first kappa shape index (κ1) is 12.4. The molecule has 0 unspecified atom stereocenters. The van der Waals surface area contributed by atoms with Gasteiger partial charge >= 0.3 is 11.9 Å². The van der Waals surface area contributed by atoms with Crippen LogP contribution in [0.5, 0.6) is 0 Å². The van der Waals surface area contributed by atoms with Gasteiger partial charge in [0.25, 0.3) is 6.26 Å². The van der Waals surface area contributed by atoms with Gasteiger partial charge in [-0.25, -0.2) is 0 Å². The van der Waals surface area contributed by atoms with Crippen LogP contribution in [0, 0.1) is 11.5 Å². The molecule has 0 rings (SSSR count). The van der Waals surface area contributed by atoms with Crippen molar-refractivity contribution in [2.24, 2.45) is 0 Å². The van der Waals surface area contributed by atoms with Gasteiger partial charge in [0.05, 0.1) is 0 Å². The third-order valence-electron chi connectivity index (χ3n) is 1.68. The average molecular weight is 199 g/mol. The maximum atomic E-state index is 10.6. The van der Waals surface area contributed by atoms with Crippen LogP contribution in [0.15, 0.2) is 0 Å². The Morgan fingerprint density at radius 2 is 1.71 bits per heavy atom. The highest BCUT2D eigenvalue weighted by Gasteiger charge is 2.02. The fourth-order valence-corrected chi connectivity index (χ4v) is 1.00. The van der Waals surface area contributed by atoms with Crippen molar-refractivity contribution in [2.45, 2.75) is 38.5 Å². The molecule has 0 atom stereocenters. The second-order valence-corrected chi connectivity index (χ2v) is 2.87. The second kappa shape index (κ2) is 8.05. The monoisotopic (exact) mass is 199 g/mol. The Bertz CT molecular complexity index is 231. The summed E-state index contributed by atoms with van der Waals surface area (Å²) in [5, 5.41) is 16.3. The van der Waals surface area contributed by atoms with Crippen LogP contribution in [0.1, 0.15) is 38.5 Å². The van der Waals surface area contributed by atoms with Crippen molar-refractivity contribution >= 4 is 11.9 Å². The zero-order valence-corrected chi connectivity index (χ0v) is 7.86. The summed E-state index contributed by atoms with van der Waals surface area (Å²) in [7, 11) is 0. The highest BCUT2D eigenvalue weighted by atomic mass is 16.5. The van der Waals surface area contributed by atoms with Crippen molar-refractivity contribution in [3.05, 3.63) is 0 Å². The van der Waals surface area contributed by atoms with E-state index < -0.39 is 11.9 Å². The second-order valence-electron chi connectivity index (χ2n) is 2.87. The lowest BCUT2D eigenvalue weighted by Crippen LogP contribution is -1.99. The van der Waals surface area contributed by atoms with Crippen molar-refractivity contribution in [3.63, 3.8) is 0 Å². The number of carbonyl (C=O) groups is 2. The van der Waals surface area contributed by atoms with Crippen LogP contribution in [0.3, 0.4) is 0 Å². The van der Waals surface area contributed by atoms with Crippen molar-refractivity contribution in [3.8, 4) is 6.26 Å². The minimum Gasteiger partial charge on any atom is -0.481 e. The smallest absolute Gasteiger partial charge is 0.321 e. The molecule has 0 saturated heterocycles. The molecule has 0 aromatic carbocycles. The van der Waals surface area contributed by atoms with E-state index in [4.69, 9.17) is 10.4 Å². The molecule has 0 radical (unpaired) electrons. The van der Waals surface area contributed by atoms with Gasteiger partial charge in [-0.3, -0.25) is 9.59 Å². The third kappa shape index (κ3) is 8.53. The van der Waals surface area contributed by atoms with Crippen LogP contribution < -0.4 is 0 Å². The standard InChI is InChI=1S/C9H13NO4/c10-7-14-9(13)6-4-2-1-3-5-8(11)12/h1-6H2,(H,11,12). The summed E-state index contributed by atoms with van der Waals surface area (Å²) < 4.78 is 4.06. The summed E-state index contributed by atoms with van der Waals surface area (Å²) in [5.41, 5.74) is 0. The molecule has 0 amide bonds. The van der Waals surface area contributed by atoms with Crippen molar-refractivity contribution in [1.29, 1.82) is 5.26 Å². The lowest BCUT2D eigenvalue weighted by molar-refractivity contribution is -0.138. The first-order valence-corrected chi connectivity index (χ1v) is 4.47.